The van der Waals surface area contributed by atoms with Gasteiger partial charge in [-0.15, -0.1) is 0 Å². The van der Waals surface area contributed by atoms with Gasteiger partial charge < -0.3 is 4.90 Å². The molecule has 0 fully saturated rings. The van der Waals surface area contributed by atoms with E-state index in [1.54, 1.807) is 18.2 Å². The quantitative estimate of drug-likeness (QED) is 0.740. The van der Waals surface area contributed by atoms with Gasteiger partial charge in [0.1, 0.15) is 0 Å². The Balaban J connectivity index is 2.41. The van der Waals surface area contributed by atoms with E-state index in [1.165, 1.54) is 0 Å². The zero-order valence-electron chi connectivity index (χ0n) is 9.97. The summed E-state index contributed by atoms with van der Waals surface area (Å²) in [4.78, 5) is 1.89. The summed E-state index contributed by atoms with van der Waals surface area (Å²) in [5.74, 6) is 0. The molecule has 0 radical (unpaired) electrons. The Bertz CT molecular complexity index is 483. The molecule has 0 aliphatic heterocycles. The molecule has 3 heteroatoms. The Hall–Kier alpha value is -2.03. The molecule has 88 valence electrons. The molecule has 0 saturated carbocycles. The maximum Gasteiger partial charge on any atom is 0.0979 e. The average Bonchev–Trinajstić information content (AvgIpc) is 2.39. The van der Waals surface area contributed by atoms with E-state index >= 15 is 0 Å². The second-order valence-electron chi connectivity index (χ2n) is 4.00. The van der Waals surface area contributed by atoms with E-state index in [2.05, 4.69) is 0 Å². The highest BCUT2D eigenvalue weighted by molar-refractivity contribution is 5.75. The van der Waals surface area contributed by atoms with Crippen LogP contribution in [0.5, 0.6) is 0 Å². The fraction of sp³-hybridized carbons (Fsp3) is 0.143. The molecule has 0 aliphatic carbocycles. The van der Waals surface area contributed by atoms with Crippen molar-refractivity contribution in [1.82, 2.24) is 0 Å². The van der Waals surface area contributed by atoms with E-state index in [4.69, 9.17) is 0 Å². The molecule has 2 aromatic rings. The summed E-state index contributed by atoms with van der Waals surface area (Å²) in [7, 11) is 3.80. The molecule has 0 aliphatic rings. The minimum Gasteiger partial charge on any atom is -0.376 e. The van der Waals surface area contributed by atoms with Gasteiger partial charge >= 0.3 is 0 Å². The van der Waals surface area contributed by atoms with Gasteiger partial charge in [-0.05, 0) is 24.3 Å². The van der Waals surface area contributed by atoms with Gasteiger partial charge in [0.25, 0.3) is 0 Å². The molecule has 2 aromatic carbocycles. The van der Waals surface area contributed by atoms with Gasteiger partial charge in [-0.25, -0.2) is 0 Å². The number of hydrogen-bond acceptors (Lipinski definition) is 2. The van der Waals surface area contributed by atoms with Crippen LogP contribution in [-0.2, 0) is 0 Å². The molecule has 2 nitrogen and oxygen atoms in total. The number of para-hydroxylation sites is 3. The van der Waals surface area contributed by atoms with Crippen molar-refractivity contribution < 1.29 is 4.48 Å². The summed E-state index contributed by atoms with van der Waals surface area (Å²) in [6, 6.07) is 16.4. The van der Waals surface area contributed by atoms with Gasteiger partial charge in [0.2, 0.25) is 0 Å². The van der Waals surface area contributed by atoms with Crippen molar-refractivity contribution in [1.29, 1.82) is 0 Å². The minimum absolute atomic E-state index is 0.529. The lowest BCUT2D eigenvalue weighted by molar-refractivity contribution is 0.505. The normalized spacial score (nSPS) is 10.1. The molecule has 17 heavy (non-hydrogen) atoms. The lowest BCUT2D eigenvalue weighted by Crippen LogP contribution is -2.13. The van der Waals surface area contributed by atoms with E-state index in [0.29, 0.717) is 16.5 Å². The van der Waals surface area contributed by atoms with Gasteiger partial charge in [-0.3, -0.25) is 0 Å². The topological polar surface area (TPSA) is 6.48 Å². The number of anilines is 3. The largest absolute Gasteiger partial charge is 0.376 e. The van der Waals surface area contributed by atoms with Crippen LogP contribution in [0.4, 0.5) is 21.5 Å². The molecule has 0 unspecified atom stereocenters. The number of nitrogens with zero attached hydrogens (tertiary/aromatic N) is 2. The van der Waals surface area contributed by atoms with Crippen LogP contribution in [0, 0.1) is 0 Å². The molecule has 0 atom stereocenters. The fourth-order valence-electron chi connectivity index (χ4n) is 1.71. The summed E-state index contributed by atoms with van der Waals surface area (Å²) in [5.41, 5.74) is 1.92. The van der Waals surface area contributed by atoms with Gasteiger partial charge in [-0.2, -0.15) is 5.12 Å². The van der Waals surface area contributed by atoms with Crippen LogP contribution >= 0.6 is 0 Å². The number of benzene rings is 2. The number of hydrogen-bond donors (Lipinski definition) is 0. The van der Waals surface area contributed by atoms with E-state index in [1.807, 2.05) is 55.4 Å². The van der Waals surface area contributed by atoms with Gasteiger partial charge in [0.05, 0.1) is 17.1 Å². The van der Waals surface area contributed by atoms with Gasteiger partial charge in [0.15, 0.2) is 0 Å². The summed E-state index contributed by atoms with van der Waals surface area (Å²) in [5, 5.41) is 0.704. The SMILES string of the molecule is CN(C)c1ccccc1N(F)c1ccccc1. The lowest BCUT2D eigenvalue weighted by Gasteiger charge is -2.21. The monoisotopic (exact) mass is 230 g/mol. The van der Waals surface area contributed by atoms with E-state index in [9.17, 15) is 4.48 Å². The van der Waals surface area contributed by atoms with Crippen molar-refractivity contribution in [3.8, 4) is 0 Å². The number of rotatable bonds is 3. The average molecular weight is 230 g/mol. The first-order valence-electron chi connectivity index (χ1n) is 5.47. The Morgan fingerprint density at radius 2 is 1.29 bits per heavy atom. The summed E-state index contributed by atoms with van der Waals surface area (Å²) < 4.78 is 14.3. The van der Waals surface area contributed by atoms with Crippen LogP contribution in [0.3, 0.4) is 0 Å². The van der Waals surface area contributed by atoms with Gasteiger partial charge in [0, 0.05) is 14.1 Å². The molecule has 0 N–H and O–H groups in total. The molecule has 0 bridgehead atoms. The Morgan fingerprint density at radius 3 is 1.88 bits per heavy atom. The van der Waals surface area contributed by atoms with Crippen LogP contribution in [0.2, 0.25) is 0 Å². The van der Waals surface area contributed by atoms with Crippen LogP contribution in [0.1, 0.15) is 0 Å². The standard InChI is InChI=1S/C14H15FN2/c1-16(2)13-10-6-7-11-14(13)17(15)12-8-4-3-5-9-12/h3-11H,1-2H3. The van der Waals surface area contributed by atoms with Crippen molar-refractivity contribution in [3.05, 3.63) is 54.6 Å². The molecule has 2 rings (SSSR count). The highest BCUT2D eigenvalue weighted by atomic mass is 19.2. The van der Waals surface area contributed by atoms with Crippen molar-refractivity contribution in [2.75, 3.05) is 24.1 Å². The van der Waals surface area contributed by atoms with Crippen LogP contribution < -0.4 is 10.0 Å². The highest BCUT2D eigenvalue weighted by Crippen LogP contribution is 2.33. The first-order chi connectivity index (χ1) is 8.20. The van der Waals surface area contributed by atoms with Crippen molar-refractivity contribution in [2.45, 2.75) is 0 Å². The second kappa shape index (κ2) is 4.87. The zero-order chi connectivity index (χ0) is 12.3. The third kappa shape index (κ3) is 2.38. The predicted octanol–water partition coefficient (Wildman–Crippen LogP) is 3.78. The fourth-order valence-corrected chi connectivity index (χ4v) is 1.71. The maximum absolute atomic E-state index is 14.3. The molecule has 0 heterocycles. The predicted molar refractivity (Wildman–Crippen MR) is 70.5 cm³/mol. The van der Waals surface area contributed by atoms with Crippen molar-refractivity contribution in [3.63, 3.8) is 0 Å². The minimum atomic E-state index is 0.529. The van der Waals surface area contributed by atoms with Gasteiger partial charge in [-0.1, -0.05) is 34.8 Å². The van der Waals surface area contributed by atoms with E-state index < -0.39 is 0 Å². The Morgan fingerprint density at radius 1 is 0.765 bits per heavy atom. The first kappa shape index (κ1) is 11.5. The zero-order valence-corrected chi connectivity index (χ0v) is 9.97. The summed E-state index contributed by atoms with van der Waals surface area (Å²) in [6.45, 7) is 0. The molecule has 0 spiro atoms. The number of halogens is 1. The summed E-state index contributed by atoms with van der Waals surface area (Å²) >= 11 is 0. The van der Waals surface area contributed by atoms with E-state index in [-0.39, 0.29) is 0 Å². The molecule has 0 amide bonds. The molecular weight excluding hydrogens is 215 g/mol. The first-order valence-corrected chi connectivity index (χ1v) is 5.47. The van der Waals surface area contributed by atoms with Crippen LogP contribution in [-0.4, -0.2) is 14.1 Å². The van der Waals surface area contributed by atoms with Crippen molar-refractivity contribution in [2.24, 2.45) is 0 Å². The van der Waals surface area contributed by atoms with Crippen LogP contribution in [0.25, 0.3) is 0 Å². The van der Waals surface area contributed by atoms with Crippen LogP contribution in [0.15, 0.2) is 54.6 Å². The second-order valence-corrected chi connectivity index (χ2v) is 4.00. The lowest BCUT2D eigenvalue weighted by atomic mass is 10.2. The van der Waals surface area contributed by atoms with E-state index in [0.717, 1.165) is 5.69 Å². The molecule has 0 aromatic heterocycles. The third-order valence-electron chi connectivity index (χ3n) is 2.56. The molecule has 0 saturated heterocycles. The highest BCUT2D eigenvalue weighted by Gasteiger charge is 2.12. The Labute approximate surface area is 101 Å². The smallest absolute Gasteiger partial charge is 0.0979 e. The summed E-state index contributed by atoms with van der Waals surface area (Å²) in [6.07, 6.45) is 0. The molecular formula is C14H15FN2. The van der Waals surface area contributed by atoms with Crippen molar-refractivity contribution >= 4 is 17.1 Å². The maximum atomic E-state index is 14.3. The third-order valence-corrected chi connectivity index (χ3v) is 2.56. The Kier molecular flexibility index (Phi) is 3.28.